The lowest BCUT2D eigenvalue weighted by Gasteiger charge is -2.27. The average Bonchev–Trinajstić information content (AvgIpc) is 2.54. The second kappa shape index (κ2) is 15.0. The number of likely N-dealkylation sites (N-methyl/N-ethyl adjacent to an activating group) is 2. The first-order valence-corrected chi connectivity index (χ1v) is 13.2. The molecular formula is C22H51N2O3P+2. The van der Waals surface area contributed by atoms with Crippen LogP contribution in [0.2, 0.25) is 0 Å². The Labute approximate surface area is 176 Å². The molecule has 5 nitrogen and oxygen atoms in total. The molecule has 0 spiro atoms. The Morgan fingerprint density at radius 3 is 1.32 bits per heavy atom. The highest BCUT2D eigenvalue weighted by Gasteiger charge is 2.26. The van der Waals surface area contributed by atoms with E-state index in [9.17, 15) is 4.57 Å². The van der Waals surface area contributed by atoms with Gasteiger partial charge in [0.15, 0.2) is 0 Å². The molecule has 0 aliphatic carbocycles. The van der Waals surface area contributed by atoms with Crippen LogP contribution in [0.3, 0.4) is 0 Å². The maximum Gasteiger partial charge on any atom is 0.331 e. The third kappa shape index (κ3) is 19.4. The van der Waals surface area contributed by atoms with Crippen molar-refractivity contribution in [1.82, 2.24) is 0 Å². The van der Waals surface area contributed by atoms with Crippen LogP contribution in [0, 0.1) is 0 Å². The van der Waals surface area contributed by atoms with E-state index >= 15 is 0 Å². The SMILES string of the molecule is CCCCCCCCCCCCP(=O)(OCC[N+](C)(C)C)OCC[N+](C)(C)C. The van der Waals surface area contributed by atoms with Crippen LogP contribution in [0.25, 0.3) is 0 Å². The van der Waals surface area contributed by atoms with E-state index in [0.29, 0.717) is 19.4 Å². The zero-order valence-corrected chi connectivity index (χ0v) is 21.1. The second-order valence-corrected chi connectivity index (χ2v) is 12.4. The van der Waals surface area contributed by atoms with Crippen LogP contribution in [0.5, 0.6) is 0 Å². The van der Waals surface area contributed by atoms with E-state index in [1.165, 1.54) is 51.4 Å². The third-order valence-electron chi connectivity index (χ3n) is 4.89. The van der Waals surface area contributed by atoms with Gasteiger partial charge in [-0.25, -0.2) is 0 Å². The molecular weight excluding hydrogens is 371 g/mol. The van der Waals surface area contributed by atoms with Gasteiger partial charge >= 0.3 is 7.60 Å². The molecule has 0 N–H and O–H groups in total. The summed E-state index contributed by atoms with van der Waals surface area (Å²) in [7, 11) is 9.73. The molecule has 0 aliphatic heterocycles. The summed E-state index contributed by atoms with van der Waals surface area (Å²) in [6.07, 6.45) is 13.3. The van der Waals surface area contributed by atoms with Gasteiger partial charge in [-0.2, -0.15) is 0 Å². The van der Waals surface area contributed by atoms with Gasteiger partial charge in [0.05, 0.1) is 48.4 Å². The van der Waals surface area contributed by atoms with E-state index in [2.05, 4.69) is 49.2 Å². The van der Waals surface area contributed by atoms with Crippen molar-refractivity contribution in [3.8, 4) is 0 Å². The van der Waals surface area contributed by atoms with E-state index < -0.39 is 7.60 Å². The van der Waals surface area contributed by atoms with Crippen LogP contribution in [0.1, 0.15) is 71.1 Å². The van der Waals surface area contributed by atoms with Crippen molar-refractivity contribution in [1.29, 1.82) is 0 Å². The molecule has 0 saturated heterocycles. The lowest BCUT2D eigenvalue weighted by molar-refractivity contribution is -0.870. The Kier molecular flexibility index (Phi) is 15.0. The molecule has 0 aliphatic rings. The van der Waals surface area contributed by atoms with Gasteiger partial charge in [0.25, 0.3) is 0 Å². The summed E-state index contributed by atoms with van der Waals surface area (Å²) in [5, 5.41) is 0. The van der Waals surface area contributed by atoms with Crippen LogP contribution in [-0.2, 0) is 13.6 Å². The lowest BCUT2D eigenvalue weighted by atomic mass is 10.1. The maximum atomic E-state index is 13.2. The Balaban J connectivity index is 4.13. The van der Waals surface area contributed by atoms with Crippen molar-refractivity contribution in [3.63, 3.8) is 0 Å². The van der Waals surface area contributed by atoms with Crippen molar-refractivity contribution >= 4 is 7.60 Å². The fraction of sp³-hybridized carbons (Fsp3) is 1.00. The van der Waals surface area contributed by atoms with Gasteiger partial charge in [0.1, 0.15) is 26.3 Å². The zero-order valence-electron chi connectivity index (χ0n) is 20.2. The first-order valence-electron chi connectivity index (χ1n) is 11.5. The van der Waals surface area contributed by atoms with E-state index in [4.69, 9.17) is 9.05 Å². The molecule has 0 unspecified atom stereocenters. The molecule has 170 valence electrons. The molecule has 0 aromatic rings. The van der Waals surface area contributed by atoms with Gasteiger partial charge in [0, 0.05) is 0 Å². The predicted molar refractivity (Wildman–Crippen MR) is 122 cm³/mol. The van der Waals surface area contributed by atoms with Gasteiger partial charge in [0.2, 0.25) is 0 Å². The highest BCUT2D eigenvalue weighted by atomic mass is 31.2. The highest BCUT2D eigenvalue weighted by molar-refractivity contribution is 7.53. The summed E-state index contributed by atoms with van der Waals surface area (Å²) in [6.45, 7) is 4.91. The average molecular weight is 423 g/mol. The summed E-state index contributed by atoms with van der Waals surface area (Å²) in [4.78, 5) is 0. The van der Waals surface area contributed by atoms with E-state index in [-0.39, 0.29) is 0 Å². The lowest BCUT2D eigenvalue weighted by Crippen LogP contribution is -2.38. The Hall–Kier alpha value is 0.0700. The number of unbranched alkanes of at least 4 members (excludes halogenated alkanes) is 9. The fourth-order valence-electron chi connectivity index (χ4n) is 2.87. The van der Waals surface area contributed by atoms with Gasteiger partial charge in [-0.3, -0.25) is 4.57 Å². The van der Waals surface area contributed by atoms with E-state index in [1.807, 2.05) is 0 Å². The summed E-state index contributed by atoms with van der Waals surface area (Å²) in [5.41, 5.74) is 0. The first-order chi connectivity index (χ1) is 13.0. The Morgan fingerprint density at radius 2 is 0.964 bits per heavy atom. The Morgan fingerprint density at radius 1 is 0.607 bits per heavy atom. The van der Waals surface area contributed by atoms with Crippen molar-refractivity contribution in [2.24, 2.45) is 0 Å². The maximum absolute atomic E-state index is 13.2. The van der Waals surface area contributed by atoms with Crippen molar-refractivity contribution < 1.29 is 22.6 Å². The molecule has 0 amide bonds. The van der Waals surface area contributed by atoms with Gasteiger partial charge < -0.3 is 18.0 Å². The topological polar surface area (TPSA) is 35.5 Å². The van der Waals surface area contributed by atoms with Gasteiger partial charge in [-0.1, -0.05) is 64.7 Å². The molecule has 0 fully saturated rings. The van der Waals surface area contributed by atoms with Crippen molar-refractivity contribution in [3.05, 3.63) is 0 Å². The predicted octanol–water partition coefficient (Wildman–Crippen LogP) is 5.55. The molecule has 0 atom stereocenters. The Bertz CT molecular complexity index is 393. The first kappa shape index (κ1) is 28.1. The molecule has 0 saturated carbocycles. The van der Waals surface area contributed by atoms with Crippen LogP contribution in [0.4, 0.5) is 0 Å². The molecule has 6 heteroatoms. The molecule has 0 radical (unpaired) electrons. The third-order valence-corrected chi connectivity index (χ3v) is 6.90. The largest absolute Gasteiger partial charge is 0.331 e. The fourth-order valence-corrected chi connectivity index (χ4v) is 4.53. The molecule has 0 bridgehead atoms. The smallest absolute Gasteiger partial charge is 0.329 e. The van der Waals surface area contributed by atoms with Crippen LogP contribution in [-0.4, -0.2) is 83.7 Å². The summed E-state index contributed by atoms with van der Waals surface area (Å²) in [6, 6.07) is 0. The number of quaternary nitrogens is 2. The van der Waals surface area contributed by atoms with Gasteiger partial charge in [-0.05, 0) is 6.42 Å². The standard InChI is InChI=1S/C22H51N2O3P/c1-8-9-10-11-12-13-14-15-16-17-22-28(25,26-20-18-23(2,3)4)27-21-19-24(5,6)7/h8-22H2,1-7H3/q+2. The van der Waals surface area contributed by atoms with Crippen LogP contribution >= 0.6 is 7.60 Å². The summed E-state index contributed by atoms with van der Waals surface area (Å²) < 4.78 is 26.4. The van der Waals surface area contributed by atoms with Crippen LogP contribution < -0.4 is 0 Å². The zero-order chi connectivity index (χ0) is 21.5. The molecule has 0 aromatic carbocycles. The van der Waals surface area contributed by atoms with Crippen LogP contribution in [0.15, 0.2) is 0 Å². The quantitative estimate of drug-likeness (QED) is 0.156. The normalized spacial score (nSPS) is 13.2. The minimum absolute atomic E-state index is 0.489. The molecule has 0 heterocycles. The van der Waals surface area contributed by atoms with Gasteiger partial charge in [-0.15, -0.1) is 0 Å². The monoisotopic (exact) mass is 422 g/mol. The molecule has 0 rings (SSSR count). The van der Waals surface area contributed by atoms with Crippen molar-refractivity contribution in [2.75, 3.05) is 74.8 Å². The van der Waals surface area contributed by atoms with E-state index in [0.717, 1.165) is 34.9 Å². The van der Waals surface area contributed by atoms with Crippen molar-refractivity contribution in [2.45, 2.75) is 71.1 Å². The highest BCUT2D eigenvalue weighted by Crippen LogP contribution is 2.49. The number of hydrogen-bond donors (Lipinski definition) is 0. The number of rotatable bonds is 19. The molecule has 28 heavy (non-hydrogen) atoms. The number of hydrogen-bond acceptors (Lipinski definition) is 3. The second-order valence-electron chi connectivity index (χ2n) is 10.2. The minimum atomic E-state index is -2.99. The summed E-state index contributed by atoms with van der Waals surface area (Å²) in [5.74, 6) is 0. The van der Waals surface area contributed by atoms with E-state index in [1.54, 1.807) is 0 Å². The number of nitrogens with zero attached hydrogens (tertiary/aromatic N) is 2. The summed E-state index contributed by atoms with van der Waals surface area (Å²) >= 11 is 0. The molecule has 0 aromatic heterocycles. The minimum Gasteiger partial charge on any atom is -0.329 e.